The maximum absolute atomic E-state index is 12.2. The first-order valence-electron chi connectivity index (χ1n) is 7.94. The molecule has 0 fully saturated rings. The van der Waals surface area contributed by atoms with Crippen LogP contribution in [0.3, 0.4) is 0 Å². The lowest BCUT2D eigenvalue weighted by atomic mass is 9.87. The van der Waals surface area contributed by atoms with Gasteiger partial charge in [-0.25, -0.2) is 4.79 Å². The Morgan fingerprint density at radius 3 is 2.50 bits per heavy atom. The number of hydrogen-bond donors (Lipinski definition) is 2. The van der Waals surface area contributed by atoms with Gasteiger partial charge in [-0.2, -0.15) is 0 Å². The van der Waals surface area contributed by atoms with Gasteiger partial charge in [0.25, 0.3) is 5.91 Å². The van der Waals surface area contributed by atoms with Crippen LogP contribution in [-0.2, 0) is 19.7 Å². The molecule has 2 N–H and O–H groups in total. The second kappa shape index (κ2) is 8.68. The molecular weight excluding hydrogens is 310 g/mol. The van der Waals surface area contributed by atoms with E-state index < -0.39 is 24.0 Å². The summed E-state index contributed by atoms with van der Waals surface area (Å²) >= 11 is 0. The molecule has 0 radical (unpaired) electrons. The number of rotatable bonds is 8. The molecule has 0 aliphatic heterocycles. The first kappa shape index (κ1) is 20.0. The van der Waals surface area contributed by atoms with Gasteiger partial charge >= 0.3 is 5.97 Å². The first-order valence-corrected chi connectivity index (χ1v) is 7.94. The van der Waals surface area contributed by atoms with Crippen molar-refractivity contribution in [2.24, 2.45) is 0 Å². The molecule has 2 atom stereocenters. The Morgan fingerprint density at radius 2 is 1.96 bits per heavy atom. The number of carbonyl (C=O) groups excluding carboxylic acids is 1. The summed E-state index contributed by atoms with van der Waals surface area (Å²) in [4.78, 5) is 23.3. The molecule has 1 aromatic rings. The molecule has 0 heterocycles. The molecule has 0 aliphatic rings. The zero-order valence-corrected chi connectivity index (χ0v) is 15.0. The van der Waals surface area contributed by atoms with Crippen LogP contribution in [0, 0.1) is 0 Å². The second-order valence-electron chi connectivity index (χ2n) is 6.72. The van der Waals surface area contributed by atoms with E-state index in [4.69, 9.17) is 14.6 Å². The van der Waals surface area contributed by atoms with Gasteiger partial charge in [-0.15, -0.1) is 0 Å². The standard InChI is InChI=1S/C18H27NO5/c1-12(16(20)19-15(17(21)22)9-10-23-5)24-14-8-6-7-13(11-14)18(2,3)4/h6-8,11-12,15H,9-10H2,1-5H3,(H,19,20)(H,21,22). The van der Waals surface area contributed by atoms with Crippen molar-refractivity contribution in [2.45, 2.75) is 51.7 Å². The van der Waals surface area contributed by atoms with Gasteiger partial charge < -0.3 is 19.9 Å². The molecule has 0 saturated carbocycles. The van der Waals surface area contributed by atoms with E-state index in [0.717, 1.165) is 5.56 Å². The zero-order chi connectivity index (χ0) is 18.3. The quantitative estimate of drug-likeness (QED) is 0.761. The van der Waals surface area contributed by atoms with Gasteiger partial charge in [0.15, 0.2) is 6.10 Å². The number of benzene rings is 1. The molecule has 6 heteroatoms. The minimum Gasteiger partial charge on any atom is -0.481 e. The Balaban J connectivity index is 2.71. The zero-order valence-electron chi connectivity index (χ0n) is 15.0. The van der Waals surface area contributed by atoms with E-state index in [2.05, 4.69) is 26.1 Å². The van der Waals surface area contributed by atoms with E-state index in [1.54, 1.807) is 13.0 Å². The normalized spacial score (nSPS) is 13.9. The molecule has 0 aliphatic carbocycles. The highest BCUT2D eigenvalue weighted by atomic mass is 16.5. The molecule has 0 saturated heterocycles. The van der Waals surface area contributed by atoms with E-state index >= 15 is 0 Å². The van der Waals surface area contributed by atoms with Crippen molar-refractivity contribution in [1.29, 1.82) is 0 Å². The molecule has 24 heavy (non-hydrogen) atoms. The highest BCUT2D eigenvalue weighted by molar-refractivity contribution is 5.86. The van der Waals surface area contributed by atoms with E-state index in [9.17, 15) is 9.59 Å². The van der Waals surface area contributed by atoms with Crippen molar-refractivity contribution in [1.82, 2.24) is 5.32 Å². The molecule has 1 aromatic carbocycles. The summed E-state index contributed by atoms with van der Waals surface area (Å²) in [6.45, 7) is 8.12. The number of carboxylic acids is 1. The predicted octanol–water partition coefficient (Wildman–Crippen LogP) is 2.36. The third kappa shape index (κ3) is 6.20. The van der Waals surface area contributed by atoms with Gasteiger partial charge in [0.1, 0.15) is 11.8 Å². The minimum absolute atomic E-state index is 0.0284. The monoisotopic (exact) mass is 337 g/mol. The Kier molecular flexibility index (Phi) is 7.22. The fourth-order valence-corrected chi connectivity index (χ4v) is 2.08. The number of hydrogen-bond acceptors (Lipinski definition) is 4. The number of amides is 1. The number of aliphatic carboxylic acids is 1. The minimum atomic E-state index is -1.10. The van der Waals surface area contributed by atoms with Gasteiger partial charge in [-0.3, -0.25) is 4.79 Å². The van der Waals surface area contributed by atoms with Crippen LogP contribution in [-0.4, -0.2) is 42.8 Å². The van der Waals surface area contributed by atoms with E-state index in [1.807, 2.05) is 18.2 Å². The molecule has 1 amide bonds. The fourth-order valence-electron chi connectivity index (χ4n) is 2.08. The van der Waals surface area contributed by atoms with Crippen molar-refractivity contribution >= 4 is 11.9 Å². The van der Waals surface area contributed by atoms with Crippen LogP contribution in [0.5, 0.6) is 5.75 Å². The lowest BCUT2D eigenvalue weighted by molar-refractivity contribution is -0.143. The Hall–Kier alpha value is -2.08. The molecular formula is C18H27NO5. The summed E-state index contributed by atoms with van der Waals surface area (Å²) in [6, 6.07) is 6.55. The summed E-state index contributed by atoms with van der Waals surface area (Å²) in [6.07, 6.45) is -0.603. The Bertz CT molecular complexity index is 565. The third-order valence-electron chi connectivity index (χ3n) is 3.61. The lowest BCUT2D eigenvalue weighted by Gasteiger charge is -2.22. The molecule has 134 valence electrons. The van der Waals surface area contributed by atoms with Gasteiger partial charge in [0.05, 0.1) is 0 Å². The van der Waals surface area contributed by atoms with Crippen LogP contribution in [0.15, 0.2) is 24.3 Å². The smallest absolute Gasteiger partial charge is 0.326 e. The van der Waals surface area contributed by atoms with E-state index in [-0.39, 0.29) is 18.4 Å². The molecule has 0 spiro atoms. The van der Waals surface area contributed by atoms with Gasteiger partial charge in [0, 0.05) is 20.1 Å². The summed E-state index contributed by atoms with van der Waals surface area (Å²) in [5.41, 5.74) is 1.07. The molecule has 1 rings (SSSR count). The maximum Gasteiger partial charge on any atom is 0.326 e. The summed E-state index contributed by atoms with van der Waals surface area (Å²) in [5.74, 6) is -0.990. The van der Waals surface area contributed by atoms with Crippen molar-refractivity contribution < 1.29 is 24.2 Å². The molecule has 6 nitrogen and oxygen atoms in total. The van der Waals surface area contributed by atoms with Crippen LogP contribution in [0.25, 0.3) is 0 Å². The Labute approximate surface area is 143 Å². The first-order chi connectivity index (χ1) is 11.1. The Morgan fingerprint density at radius 1 is 1.29 bits per heavy atom. The number of nitrogens with one attached hydrogen (secondary N) is 1. The van der Waals surface area contributed by atoms with Gasteiger partial charge in [0.2, 0.25) is 0 Å². The molecule has 2 unspecified atom stereocenters. The topological polar surface area (TPSA) is 84.9 Å². The maximum atomic E-state index is 12.2. The highest BCUT2D eigenvalue weighted by Gasteiger charge is 2.24. The van der Waals surface area contributed by atoms with Crippen molar-refractivity contribution in [3.63, 3.8) is 0 Å². The number of carbonyl (C=O) groups is 2. The number of carboxylic acid groups (broad SMARTS) is 1. The fraction of sp³-hybridized carbons (Fsp3) is 0.556. The number of methoxy groups -OCH3 is 1. The largest absolute Gasteiger partial charge is 0.481 e. The summed E-state index contributed by atoms with van der Waals surface area (Å²) in [5, 5.41) is 11.6. The van der Waals surface area contributed by atoms with Crippen molar-refractivity contribution in [2.75, 3.05) is 13.7 Å². The SMILES string of the molecule is COCCC(NC(=O)C(C)Oc1cccc(C(C)(C)C)c1)C(=O)O. The van der Waals surface area contributed by atoms with Gasteiger partial charge in [-0.05, 0) is 30.0 Å². The van der Waals surface area contributed by atoms with Crippen LogP contribution >= 0.6 is 0 Å². The van der Waals surface area contributed by atoms with Crippen LogP contribution in [0.1, 0.15) is 39.7 Å². The average Bonchev–Trinajstić information content (AvgIpc) is 2.50. The number of ether oxygens (including phenoxy) is 2. The average molecular weight is 337 g/mol. The van der Waals surface area contributed by atoms with Crippen LogP contribution in [0.2, 0.25) is 0 Å². The second-order valence-corrected chi connectivity index (χ2v) is 6.72. The van der Waals surface area contributed by atoms with E-state index in [0.29, 0.717) is 5.75 Å². The van der Waals surface area contributed by atoms with Crippen molar-refractivity contribution in [3.05, 3.63) is 29.8 Å². The summed E-state index contributed by atoms with van der Waals surface area (Å²) < 4.78 is 10.5. The van der Waals surface area contributed by atoms with E-state index in [1.165, 1.54) is 7.11 Å². The van der Waals surface area contributed by atoms with Crippen LogP contribution in [0.4, 0.5) is 0 Å². The third-order valence-corrected chi connectivity index (χ3v) is 3.61. The molecule has 0 bridgehead atoms. The molecule has 0 aromatic heterocycles. The summed E-state index contributed by atoms with van der Waals surface area (Å²) in [7, 11) is 1.48. The van der Waals surface area contributed by atoms with Gasteiger partial charge in [-0.1, -0.05) is 32.9 Å². The lowest BCUT2D eigenvalue weighted by Crippen LogP contribution is -2.46. The predicted molar refractivity (Wildman–Crippen MR) is 91.3 cm³/mol. The highest BCUT2D eigenvalue weighted by Crippen LogP contribution is 2.26. The van der Waals surface area contributed by atoms with Crippen LogP contribution < -0.4 is 10.1 Å². The van der Waals surface area contributed by atoms with Crippen molar-refractivity contribution in [3.8, 4) is 5.75 Å².